The number of aliphatic hydroxyl groups excluding tert-OH is 3. The van der Waals surface area contributed by atoms with Crippen molar-refractivity contribution in [2.45, 2.75) is 233 Å². The zero-order valence-corrected chi connectivity index (χ0v) is 37.5. The van der Waals surface area contributed by atoms with E-state index in [0.29, 0.717) is 18.3 Å². The molecule has 4 saturated carbocycles. The van der Waals surface area contributed by atoms with Crippen molar-refractivity contribution in [3.63, 3.8) is 0 Å². The Morgan fingerprint density at radius 1 is 0.691 bits per heavy atom. The van der Waals surface area contributed by atoms with E-state index in [1.54, 1.807) is 0 Å². The van der Waals surface area contributed by atoms with Crippen molar-refractivity contribution in [3.05, 3.63) is 0 Å². The molecule has 324 valence electrons. The van der Waals surface area contributed by atoms with Gasteiger partial charge in [0.1, 0.15) is 0 Å². The second-order valence-corrected chi connectivity index (χ2v) is 20.5. The van der Waals surface area contributed by atoms with Crippen molar-refractivity contribution in [2.75, 3.05) is 26.7 Å². The summed E-state index contributed by atoms with van der Waals surface area (Å²) in [5.41, 5.74) is -0.172. The SMILES string of the molecule is CCCCCCCC[N+](C)(CCCCCCCC)CCCCCCCC.C[C@H](CCC(=O)[O-])[C@H]1CCC2C3C(C[C@H](O)[C@@]21C)[C@@]1(C)CC[C@@H](O)C[C@H]1C[C@H]3O. The fourth-order valence-corrected chi connectivity index (χ4v) is 12.8. The zero-order chi connectivity index (χ0) is 40.5. The number of carbonyl (C=O) groups excluding carboxylic acids is 1. The first kappa shape index (κ1) is 48.7. The lowest BCUT2D eigenvalue weighted by atomic mass is 9.43. The molecule has 0 saturated heterocycles. The highest BCUT2D eigenvalue weighted by atomic mass is 16.4. The Hall–Kier alpha value is -0.690. The highest BCUT2D eigenvalue weighted by Gasteiger charge is 2.65. The van der Waals surface area contributed by atoms with Gasteiger partial charge in [-0.2, -0.15) is 0 Å². The van der Waals surface area contributed by atoms with Gasteiger partial charge in [0.05, 0.1) is 45.0 Å². The van der Waals surface area contributed by atoms with Crippen LogP contribution in [0.3, 0.4) is 0 Å². The minimum absolute atomic E-state index is 0.0747. The summed E-state index contributed by atoms with van der Waals surface area (Å²) in [5, 5.41) is 43.9. The van der Waals surface area contributed by atoms with Crippen LogP contribution < -0.4 is 5.11 Å². The van der Waals surface area contributed by atoms with Crippen LogP contribution in [0.2, 0.25) is 0 Å². The molecule has 0 aromatic carbocycles. The number of carboxylic acid groups (broad SMARTS) is 1. The molecule has 0 radical (unpaired) electrons. The Labute approximate surface area is 341 Å². The van der Waals surface area contributed by atoms with E-state index in [1.807, 2.05) is 0 Å². The van der Waals surface area contributed by atoms with Crippen LogP contribution in [0.15, 0.2) is 0 Å². The molecule has 0 amide bonds. The van der Waals surface area contributed by atoms with Gasteiger partial charge in [-0.1, -0.05) is 119 Å². The number of unbranched alkanes of at least 4 members (excludes halogenated alkanes) is 15. The minimum atomic E-state index is -0.998. The molecule has 6 nitrogen and oxygen atoms in total. The minimum Gasteiger partial charge on any atom is -0.550 e. The second-order valence-electron chi connectivity index (χ2n) is 20.5. The largest absolute Gasteiger partial charge is 0.550 e. The third-order valence-electron chi connectivity index (χ3n) is 16.5. The van der Waals surface area contributed by atoms with E-state index in [1.165, 1.54) is 140 Å². The Morgan fingerprint density at radius 3 is 1.67 bits per heavy atom. The molecule has 55 heavy (non-hydrogen) atoms. The van der Waals surface area contributed by atoms with Gasteiger partial charge in [-0.3, -0.25) is 0 Å². The quantitative estimate of drug-likeness (QED) is 0.0633. The van der Waals surface area contributed by atoms with Crippen LogP contribution in [0.1, 0.15) is 215 Å². The van der Waals surface area contributed by atoms with Gasteiger partial charge in [0, 0.05) is 5.97 Å². The Bertz CT molecular complexity index is 1010. The van der Waals surface area contributed by atoms with E-state index >= 15 is 0 Å². The summed E-state index contributed by atoms with van der Waals surface area (Å²) in [6, 6.07) is 0. The van der Waals surface area contributed by atoms with E-state index in [0.717, 1.165) is 44.9 Å². The molecule has 0 bridgehead atoms. The number of quaternary nitrogens is 1. The molecule has 4 aliphatic rings. The number of nitrogens with zero attached hydrogens (tertiary/aromatic N) is 1. The molecular weight excluding hydrogens is 683 g/mol. The summed E-state index contributed by atoms with van der Waals surface area (Å²) in [6.45, 7) is 17.9. The number of fused-ring (bicyclic) bond motifs is 5. The lowest BCUT2D eigenvalue weighted by Gasteiger charge is -2.63. The number of rotatable bonds is 25. The summed E-state index contributed by atoms with van der Waals surface area (Å²) in [4.78, 5) is 11.0. The van der Waals surface area contributed by atoms with Gasteiger partial charge in [-0.25, -0.2) is 0 Å². The van der Waals surface area contributed by atoms with Crippen LogP contribution >= 0.6 is 0 Å². The van der Waals surface area contributed by atoms with Gasteiger partial charge in [0.15, 0.2) is 0 Å². The Morgan fingerprint density at radius 2 is 1.18 bits per heavy atom. The lowest BCUT2D eigenvalue weighted by molar-refractivity contribution is -0.910. The Kier molecular flexibility index (Phi) is 21.6. The highest BCUT2D eigenvalue weighted by Crippen LogP contribution is 2.68. The van der Waals surface area contributed by atoms with Gasteiger partial charge in [0.2, 0.25) is 0 Å². The van der Waals surface area contributed by atoms with Gasteiger partial charge < -0.3 is 29.7 Å². The highest BCUT2D eigenvalue weighted by molar-refractivity contribution is 5.64. The first-order valence-electron chi connectivity index (χ1n) is 24.3. The van der Waals surface area contributed by atoms with E-state index in [2.05, 4.69) is 48.6 Å². The lowest BCUT2D eigenvalue weighted by Crippen LogP contribution is -2.62. The summed E-state index contributed by atoms with van der Waals surface area (Å²) >= 11 is 0. The van der Waals surface area contributed by atoms with Crippen LogP contribution in [0.5, 0.6) is 0 Å². The topological polar surface area (TPSA) is 101 Å². The van der Waals surface area contributed by atoms with E-state index in [9.17, 15) is 25.2 Å². The maximum Gasteiger partial charge on any atom is 0.0784 e. The van der Waals surface area contributed by atoms with E-state index in [-0.39, 0.29) is 53.1 Å². The molecule has 0 aromatic rings. The third kappa shape index (κ3) is 13.9. The Balaban J connectivity index is 0.000000298. The van der Waals surface area contributed by atoms with Crippen LogP contribution in [-0.4, -0.2) is 70.8 Å². The van der Waals surface area contributed by atoms with Crippen LogP contribution in [0.4, 0.5) is 0 Å². The maximum atomic E-state index is 11.5. The number of hydrogen-bond acceptors (Lipinski definition) is 5. The molecule has 3 N–H and O–H groups in total. The first-order valence-corrected chi connectivity index (χ1v) is 24.3. The molecule has 0 aromatic heterocycles. The number of aliphatic hydroxyl groups is 3. The van der Waals surface area contributed by atoms with Crippen LogP contribution in [-0.2, 0) is 4.79 Å². The average molecular weight is 776 g/mol. The molecule has 4 fully saturated rings. The van der Waals surface area contributed by atoms with Gasteiger partial charge in [-0.15, -0.1) is 0 Å². The molecule has 4 aliphatic carbocycles. The van der Waals surface area contributed by atoms with Gasteiger partial charge in [0.25, 0.3) is 0 Å². The molecular formula is C49H93NO5. The molecule has 11 atom stereocenters. The van der Waals surface area contributed by atoms with Crippen molar-refractivity contribution in [2.24, 2.45) is 46.3 Å². The normalized spacial score (nSPS) is 33.6. The van der Waals surface area contributed by atoms with Gasteiger partial charge in [-0.05, 0) is 143 Å². The predicted molar refractivity (Wildman–Crippen MR) is 228 cm³/mol. The molecule has 4 rings (SSSR count). The average Bonchev–Trinajstić information content (AvgIpc) is 3.51. The van der Waals surface area contributed by atoms with Crippen molar-refractivity contribution >= 4 is 5.97 Å². The van der Waals surface area contributed by atoms with Crippen LogP contribution in [0, 0.1) is 46.3 Å². The summed E-state index contributed by atoms with van der Waals surface area (Å²) in [6.07, 6.45) is 31.6. The molecule has 0 spiro atoms. The second kappa shape index (κ2) is 24.4. The summed E-state index contributed by atoms with van der Waals surface area (Å²) in [5.74, 6) is 0.635. The molecule has 3 unspecified atom stereocenters. The number of hydrogen-bond donors (Lipinski definition) is 3. The maximum absolute atomic E-state index is 11.5. The smallest absolute Gasteiger partial charge is 0.0784 e. The standard InChI is InChI=1S/C25H54N.C24H40O5/c1-5-8-11-14-17-20-23-26(4,24-21-18-15-12-9-6-2)25-22-19-16-13-10-7-3;1-13(4-7-21(28)29)16-5-6-17-22-18(12-20(27)24(16,17)3)23(2)9-8-15(25)10-14(23)11-19(22)26/h5-25H2,1-4H3;13-20,22,25-27H,4-12H2,1-3H3,(H,28,29)/q+1;/p-1/t;13-,14+,15-,16-,17?,18?,19-,20+,22?,23+,24-/m.1/s1. The van der Waals surface area contributed by atoms with Crippen molar-refractivity contribution < 1.29 is 29.7 Å². The molecule has 6 heteroatoms. The predicted octanol–water partition coefficient (Wildman–Crippen LogP) is 10.6. The fourth-order valence-electron chi connectivity index (χ4n) is 12.8. The van der Waals surface area contributed by atoms with Crippen molar-refractivity contribution in [1.29, 1.82) is 0 Å². The summed E-state index contributed by atoms with van der Waals surface area (Å²) in [7, 11) is 2.56. The van der Waals surface area contributed by atoms with E-state index in [4.69, 9.17) is 0 Å². The molecule has 0 aliphatic heterocycles. The first-order chi connectivity index (χ1) is 26.3. The number of aliphatic carboxylic acids is 1. The summed E-state index contributed by atoms with van der Waals surface area (Å²) < 4.78 is 1.36. The fraction of sp³-hybridized carbons (Fsp3) is 0.980. The third-order valence-corrected chi connectivity index (χ3v) is 16.5. The van der Waals surface area contributed by atoms with E-state index < -0.39 is 12.1 Å². The monoisotopic (exact) mass is 776 g/mol. The van der Waals surface area contributed by atoms with Crippen LogP contribution in [0.25, 0.3) is 0 Å². The molecule has 0 heterocycles. The van der Waals surface area contributed by atoms with Crippen molar-refractivity contribution in [3.8, 4) is 0 Å². The van der Waals surface area contributed by atoms with Gasteiger partial charge >= 0.3 is 0 Å². The number of carboxylic acids is 1. The number of carbonyl (C=O) groups is 1. The van der Waals surface area contributed by atoms with Crippen molar-refractivity contribution in [1.82, 2.24) is 0 Å². The zero-order valence-electron chi connectivity index (χ0n) is 37.5.